The zero-order valence-corrected chi connectivity index (χ0v) is 15.1. The lowest BCUT2D eigenvalue weighted by Gasteiger charge is -2.11. The van der Waals surface area contributed by atoms with Gasteiger partial charge in [-0.2, -0.15) is 0 Å². The minimum Gasteiger partial charge on any atom is -0.493 e. The summed E-state index contributed by atoms with van der Waals surface area (Å²) in [6.45, 7) is 0. The SMILES string of the molecule is COc1cc(C(=O)Nc2nc3ccc(Cl)cc3s2)cc(Cl)c1OC. The van der Waals surface area contributed by atoms with Crippen LogP contribution in [0.15, 0.2) is 30.3 Å². The maximum absolute atomic E-state index is 12.5. The van der Waals surface area contributed by atoms with Crippen LogP contribution < -0.4 is 14.8 Å². The first kappa shape index (κ1) is 16.8. The number of nitrogens with zero attached hydrogens (tertiary/aromatic N) is 1. The zero-order chi connectivity index (χ0) is 17.3. The zero-order valence-electron chi connectivity index (χ0n) is 12.7. The average Bonchev–Trinajstić information content (AvgIpc) is 2.95. The van der Waals surface area contributed by atoms with Crippen molar-refractivity contribution in [3.05, 3.63) is 45.9 Å². The van der Waals surface area contributed by atoms with E-state index >= 15 is 0 Å². The molecule has 3 rings (SSSR count). The summed E-state index contributed by atoms with van der Waals surface area (Å²) in [5, 5.41) is 4.14. The van der Waals surface area contributed by atoms with Gasteiger partial charge < -0.3 is 9.47 Å². The Morgan fingerprint density at radius 2 is 1.96 bits per heavy atom. The molecule has 0 aliphatic rings. The van der Waals surface area contributed by atoms with E-state index in [0.29, 0.717) is 27.2 Å². The number of amides is 1. The molecule has 2 aromatic carbocycles. The molecule has 5 nitrogen and oxygen atoms in total. The number of aromatic nitrogens is 1. The van der Waals surface area contributed by atoms with Crippen LogP contribution in [0.25, 0.3) is 10.2 Å². The van der Waals surface area contributed by atoms with Gasteiger partial charge in [0, 0.05) is 10.6 Å². The van der Waals surface area contributed by atoms with Gasteiger partial charge in [0.15, 0.2) is 16.6 Å². The van der Waals surface area contributed by atoms with Crippen LogP contribution in [0.1, 0.15) is 10.4 Å². The van der Waals surface area contributed by atoms with Gasteiger partial charge in [-0.15, -0.1) is 0 Å². The minimum absolute atomic E-state index is 0.290. The number of methoxy groups -OCH3 is 2. The molecule has 0 saturated heterocycles. The molecule has 0 fully saturated rings. The van der Waals surface area contributed by atoms with E-state index in [-0.39, 0.29) is 10.9 Å². The molecule has 0 radical (unpaired) electrons. The summed E-state index contributed by atoms with van der Waals surface area (Å²) in [6.07, 6.45) is 0. The molecular formula is C16H12Cl2N2O3S. The Morgan fingerprint density at radius 3 is 2.67 bits per heavy atom. The molecule has 0 aliphatic heterocycles. The summed E-state index contributed by atoms with van der Waals surface area (Å²) in [4.78, 5) is 16.8. The predicted molar refractivity (Wildman–Crippen MR) is 97.1 cm³/mol. The maximum Gasteiger partial charge on any atom is 0.257 e. The Balaban J connectivity index is 1.89. The quantitative estimate of drug-likeness (QED) is 0.698. The molecule has 8 heteroatoms. The first-order valence-electron chi connectivity index (χ1n) is 6.81. The Kier molecular flexibility index (Phi) is 4.80. The van der Waals surface area contributed by atoms with Crippen molar-refractivity contribution in [2.45, 2.75) is 0 Å². The lowest BCUT2D eigenvalue weighted by molar-refractivity contribution is 0.102. The van der Waals surface area contributed by atoms with Crippen LogP contribution >= 0.6 is 34.5 Å². The number of halogens is 2. The van der Waals surface area contributed by atoms with Crippen LogP contribution in [0.2, 0.25) is 10.0 Å². The van der Waals surface area contributed by atoms with E-state index in [1.165, 1.54) is 31.6 Å². The Hall–Kier alpha value is -2.02. The fourth-order valence-electron chi connectivity index (χ4n) is 2.17. The van der Waals surface area contributed by atoms with Crippen LogP contribution in [-0.2, 0) is 0 Å². The number of anilines is 1. The van der Waals surface area contributed by atoms with E-state index in [9.17, 15) is 4.79 Å². The second kappa shape index (κ2) is 6.84. The number of thiazole rings is 1. The van der Waals surface area contributed by atoms with Gasteiger partial charge in [0.1, 0.15) is 0 Å². The van der Waals surface area contributed by atoms with Crippen molar-refractivity contribution in [2.24, 2.45) is 0 Å². The number of rotatable bonds is 4. The predicted octanol–water partition coefficient (Wildman–Crippen LogP) is 4.87. The van der Waals surface area contributed by atoms with Crippen molar-refractivity contribution in [1.82, 2.24) is 4.98 Å². The van der Waals surface area contributed by atoms with E-state index < -0.39 is 0 Å². The third-order valence-electron chi connectivity index (χ3n) is 3.27. The molecule has 0 unspecified atom stereocenters. The second-order valence-corrected chi connectivity index (χ2v) is 6.65. The Bertz CT molecular complexity index is 927. The summed E-state index contributed by atoms with van der Waals surface area (Å²) in [7, 11) is 2.96. The van der Waals surface area contributed by atoms with Crippen molar-refractivity contribution in [3.8, 4) is 11.5 Å². The van der Waals surface area contributed by atoms with E-state index in [2.05, 4.69) is 10.3 Å². The lowest BCUT2D eigenvalue weighted by Crippen LogP contribution is -2.12. The molecule has 1 amide bonds. The van der Waals surface area contributed by atoms with Gasteiger partial charge in [-0.25, -0.2) is 4.98 Å². The summed E-state index contributed by atoms with van der Waals surface area (Å²) in [6, 6.07) is 8.44. The molecule has 0 saturated carbocycles. The van der Waals surface area contributed by atoms with E-state index in [1.807, 2.05) is 0 Å². The van der Waals surface area contributed by atoms with Crippen molar-refractivity contribution in [3.63, 3.8) is 0 Å². The van der Waals surface area contributed by atoms with Crippen molar-refractivity contribution in [2.75, 3.05) is 19.5 Å². The molecule has 3 aromatic rings. The third kappa shape index (κ3) is 3.26. The van der Waals surface area contributed by atoms with Crippen LogP contribution in [0, 0.1) is 0 Å². The highest BCUT2D eigenvalue weighted by atomic mass is 35.5. The fourth-order valence-corrected chi connectivity index (χ4v) is 3.60. The van der Waals surface area contributed by atoms with Crippen molar-refractivity contribution >= 4 is 55.8 Å². The summed E-state index contributed by atoms with van der Waals surface area (Å²) < 4.78 is 11.3. The lowest BCUT2D eigenvalue weighted by atomic mass is 10.2. The summed E-state index contributed by atoms with van der Waals surface area (Å²) in [5.74, 6) is 0.416. The molecule has 0 spiro atoms. The number of ether oxygens (including phenoxy) is 2. The van der Waals surface area contributed by atoms with Gasteiger partial charge in [0.25, 0.3) is 5.91 Å². The largest absolute Gasteiger partial charge is 0.493 e. The number of benzene rings is 2. The highest BCUT2D eigenvalue weighted by molar-refractivity contribution is 7.22. The average molecular weight is 383 g/mol. The highest BCUT2D eigenvalue weighted by Crippen LogP contribution is 2.36. The molecule has 24 heavy (non-hydrogen) atoms. The molecule has 1 heterocycles. The number of nitrogens with one attached hydrogen (secondary N) is 1. The molecule has 1 aromatic heterocycles. The van der Waals surface area contributed by atoms with Gasteiger partial charge in [0.2, 0.25) is 0 Å². The highest BCUT2D eigenvalue weighted by Gasteiger charge is 2.16. The molecule has 0 aliphatic carbocycles. The van der Waals surface area contributed by atoms with E-state index in [4.69, 9.17) is 32.7 Å². The van der Waals surface area contributed by atoms with Crippen LogP contribution in [0.5, 0.6) is 11.5 Å². The normalized spacial score (nSPS) is 10.7. The van der Waals surface area contributed by atoms with Crippen molar-refractivity contribution < 1.29 is 14.3 Å². The molecule has 0 atom stereocenters. The van der Waals surface area contributed by atoms with Gasteiger partial charge >= 0.3 is 0 Å². The van der Waals surface area contributed by atoms with Crippen LogP contribution in [0.4, 0.5) is 5.13 Å². The topological polar surface area (TPSA) is 60.5 Å². The molecular weight excluding hydrogens is 371 g/mol. The third-order valence-corrected chi connectivity index (χ3v) is 4.72. The smallest absolute Gasteiger partial charge is 0.257 e. The number of carbonyl (C=O) groups is 1. The van der Waals surface area contributed by atoms with Gasteiger partial charge in [0.05, 0.1) is 29.5 Å². The standard InChI is InChI=1S/C16H12Cl2N2O3S/c1-22-12-6-8(5-10(18)14(12)23-2)15(21)20-16-19-11-4-3-9(17)7-13(11)24-16/h3-7H,1-2H3,(H,19,20,21). The van der Waals surface area contributed by atoms with Crippen LogP contribution in [-0.4, -0.2) is 25.1 Å². The summed E-state index contributed by atoms with van der Waals surface area (Å²) >= 11 is 13.4. The molecule has 124 valence electrons. The molecule has 0 bridgehead atoms. The van der Waals surface area contributed by atoms with Crippen LogP contribution in [0.3, 0.4) is 0 Å². The first-order valence-corrected chi connectivity index (χ1v) is 8.38. The van der Waals surface area contributed by atoms with E-state index in [0.717, 1.165) is 10.2 Å². The second-order valence-electron chi connectivity index (χ2n) is 4.78. The van der Waals surface area contributed by atoms with E-state index in [1.54, 1.807) is 24.3 Å². The number of hydrogen-bond donors (Lipinski definition) is 1. The number of hydrogen-bond acceptors (Lipinski definition) is 5. The maximum atomic E-state index is 12.5. The molecule has 1 N–H and O–H groups in total. The first-order chi connectivity index (χ1) is 11.5. The minimum atomic E-state index is -0.344. The number of fused-ring (bicyclic) bond motifs is 1. The summed E-state index contributed by atoms with van der Waals surface area (Å²) in [5.41, 5.74) is 1.11. The van der Waals surface area contributed by atoms with Gasteiger partial charge in [-0.05, 0) is 30.3 Å². The Morgan fingerprint density at radius 1 is 1.17 bits per heavy atom. The van der Waals surface area contributed by atoms with Gasteiger partial charge in [-0.3, -0.25) is 10.1 Å². The monoisotopic (exact) mass is 382 g/mol. The Labute approximate surface area is 152 Å². The fraction of sp³-hybridized carbons (Fsp3) is 0.125. The number of carbonyl (C=O) groups excluding carboxylic acids is 1. The van der Waals surface area contributed by atoms with Gasteiger partial charge in [-0.1, -0.05) is 34.5 Å². The van der Waals surface area contributed by atoms with Crippen molar-refractivity contribution in [1.29, 1.82) is 0 Å².